The van der Waals surface area contributed by atoms with Crippen LogP contribution < -0.4 is 0 Å². The minimum absolute atomic E-state index is 0.326. The van der Waals surface area contributed by atoms with Gasteiger partial charge < -0.3 is 0 Å². The fraction of sp³-hybridized carbons (Fsp3) is 0.947. The van der Waals surface area contributed by atoms with Crippen LogP contribution in [0.25, 0.3) is 0 Å². The second-order valence-corrected chi connectivity index (χ2v) is 7.69. The van der Waals surface area contributed by atoms with Gasteiger partial charge >= 0.3 is 0 Å². The second-order valence-electron chi connectivity index (χ2n) is 7.69. The summed E-state index contributed by atoms with van der Waals surface area (Å²) in [6, 6.07) is 0. The van der Waals surface area contributed by atoms with E-state index in [1.165, 1.54) is 96.3 Å². The van der Waals surface area contributed by atoms with E-state index in [0.29, 0.717) is 23.4 Å². The Labute approximate surface area is 133 Å². The maximum absolute atomic E-state index is 12.9. The molecule has 0 aromatic heterocycles. The number of carbonyl (C=O) groups is 1. The number of hydrogen-bond donors (Lipinski definition) is 0. The van der Waals surface area contributed by atoms with Crippen LogP contribution in [0, 0.1) is 11.8 Å². The molecule has 0 heterocycles. The van der Waals surface area contributed by atoms with Gasteiger partial charge in [-0.2, -0.15) is 0 Å². The molecule has 2 heteroatoms. The Kier molecular flexibility index (Phi) is 7.89. The van der Waals surface area contributed by atoms with Crippen LogP contribution in [0.5, 0.6) is 0 Å². The van der Waals surface area contributed by atoms with E-state index in [1.807, 2.05) is 0 Å². The first-order chi connectivity index (χ1) is 10.3. The molecule has 2 rings (SSSR count). The lowest BCUT2D eigenvalue weighted by Gasteiger charge is -2.27. The first-order valence-corrected chi connectivity index (χ1v) is 9.83. The summed E-state index contributed by atoms with van der Waals surface area (Å²) in [7, 11) is 2.25. The Morgan fingerprint density at radius 1 is 0.667 bits per heavy atom. The van der Waals surface area contributed by atoms with Crippen LogP contribution in [0.2, 0.25) is 5.82 Å². The van der Waals surface area contributed by atoms with Crippen molar-refractivity contribution < 1.29 is 4.79 Å². The summed E-state index contributed by atoms with van der Waals surface area (Å²) >= 11 is 0. The zero-order chi connectivity index (χ0) is 14.9. The van der Waals surface area contributed by atoms with Crippen molar-refractivity contribution in [3.05, 3.63) is 0 Å². The van der Waals surface area contributed by atoms with Gasteiger partial charge in [-0.05, 0) is 24.6 Å². The molecule has 1 atom stereocenters. The highest BCUT2D eigenvalue weighted by Crippen LogP contribution is 2.34. The Bertz CT molecular complexity index is 284. The Hall–Kier alpha value is -0.265. The summed E-state index contributed by atoms with van der Waals surface area (Å²) in [5, 5.41) is 0. The molecule has 0 spiro atoms. The van der Waals surface area contributed by atoms with E-state index in [9.17, 15) is 4.79 Å². The first kappa shape index (κ1) is 17.1. The van der Waals surface area contributed by atoms with Gasteiger partial charge in [0.15, 0.2) is 0 Å². The van der Waals surface area contributed by atoms with Gasteiger partial charge in [-0.1, -0.05) is 83.5 Å². The van der Waals surface area contributed by atoms with Gasteiger partial charge in [-0.3, -0.25) is 4.79 Å². The molecule has 0 amide bonds. The van der Waals surface area contributed by atoms with Crippen molar-refractivity contribution in [3.8, 4) is 0 Å². The molecule has 2 saturated carbocycles. The van der Waals surface area contributed by atoms with E-state index >= 15 is 0 Å². The number of ketones is 1. The van der Waals surface area contributed by atoms with Crippen molar-refractivity contribution in [2.24, 2.45) is 11.8 Å². The average Bonchev–Trinajstić information content (AvgIpc) is 2.59. The van der Waals surface area contributed by atoms with Crippen molar-refractivity contribution in [2.75, 3.05) is 0 Å². The maximum atomic E-state index is 12.9. The summed E-state index contributed by atoms with van der Waals surface area (Å²) in [5.74, 6) is 2.03. The topological polar surface area (TPSA) is 17.1 Å². The first-order valence-electron chi connectivity index (χ1n) is 9.83. The van der Waals surface area contributed by atoms with Crippen molar-refractivity contribution in [3.63, 3.8) is 0 Å². The molecule has 0 aromatic carbocycles. The minimum atomic E-state index is 0.326. The van der Waals surface area contributed by atoms with Gasteiger partial charge in [0, 0.05) is 5.92 Å². The number of hydrogen-bond acceptors (Lipinski definition) is 1. The van der Waals surface area contributed by atoms with Crippen LogP contribution in [-0.2, 0) is 4.79 Å². The normalized spacial score (nSPS) is 25.9. The summed E-state index contributed by atoms with van der Waals surface area (Å²) in [5.41, 5.74) is 0. The van der Waals surface area contributed by atoms with Crippen LogP contribution in [0.3, 0.4) is 0 Å². The standard InChI is InChI=1S/C19H35BO/c20-18(16-12-8-4-1-2-5-9-13-16)19(21)17-14-10-6-3-7-11-15-17/h16-18H,1-15,20H2. The molecule has 120 valence electrons. The predicted molar refractivity (Wildman–Crippen MR) is 93.5 cm³/mol. The molecule has 0 bridgehead atoms. The second kappa shape index (κ2) is 9.69. The van der Waals surface area contributed by atoms with Crippen molar-refractivity contribution in [2.45, 2.75) is 102 Å². The Balaban J connectivity index is 1.88. The molecular formula is C19H35BO. The molecule has 2 fully saturated rings. The molecule has 0 N–H and O–H groups in total. The lowest BCUT2D eigenvalue weighted by Crippen LogP contribution is -2.26. The lowest BCUT2D eigenvalue weighted by molar-refractivity contribution is -0.124. The van der Waals surface area contributed by atoms with Crippen molar-refractivity contribution in [1.29, 1.82) is 0 Å². The van der Waals surface area contributed by atoms with Gasteiger partial charge in [-0.15, -0.1) is 0 Å². The zero-order valence-corrected chi connectivity index (χ0v) is 14.2. The average molecular weight is 290 g/mol. The highest BCUT2D eigenvalue weighted by atomic mass is 16.1. The molecule has 0 saturated heterocycles. The third-order valence-corrected chi connectivity index (χ3v) is 6.06. The molecule has 1 unspecified atom stereocenters. The summed E-state index contributed by atoms with van der Waals surface area (Å²) in [4.78, 5) is 12.9. The monoisotopic (exact) mass is 290 g/mol. The maximum Gasteiger partial charge on any atom is 0.131 e. The van der Waals surface area contributed by atoms with Gasteiger partial charge in [0.1, 0.15) is 13.6 Å². The SMILES string of the molecule is BC(C(=O)C1CCCCCCC1)C1CCCCCCCC1. The summed E-state index contributed by atoms with van der Waals surface area (Å²) < 4.78 is 0. The smallest absolute Gasteiger partial charge is 0.131 e. The number of carbonyl (C=O) groups excluding carboxylic acids is 1. The van der Waals surface area contributed by atoms with Gasteiger partial charge in [0.25, 0.3) is 0 Å². The molecule has 0 aliphatic heterocycles. The van der Waals surface area contributed by atoms with E-state index < -0.39 is 0 Å². The van der Waals surface area contributed by atoms with Crippen LogP contribution in [-0.4, -0.2) is 13.6 Å². The van der Waals surface area contributed by atoms with E-state index in [0.717, 1.165) is 0 Å². The molecule has 0 aromatic rings. The molecule has 2 aliphatic rings. The Morgan fingerprint density at radius 3 is 1.52 bits per heavy atom. The van der Waals surface area contributed by atoms with E-state index in [2.05, 4.69) is 7.85 Å². The summed E-state index contributed by atoms with van der Waals surface area (Å²) in [6.45, 7) is 0. The van der Waals surface area contributed by atoms with Crippen molar-refractivity contribution in [1.82, 2.24) is 0 Å². The fourth-order valence-electron chi connectivity index (χ4n) is 4.51. The minimum Gasteiger partial charge on any atom is -0.300 e. The molecule has 21 heavy (non-hydrogen) atoms. The van der Waals surface area contributed by atoms with Crippen molar-refractivity contribution >= 4 is 13.6 Å². The quantitative estimate of drug-likeness (QED) is 0.662. The Morgan fingerprint density at radius 2 is 1.05 bits per heavy atom. The molecule has 2 aliphatic carbocycles. The van der Waals surface area contributed by atoms with Crippen LogP contribution >= 0.6 is 0 Å². The van der Waals surface area contributed by atoms with E-state index in [1.54, 1.807) is 0 Å². The van der Waals surface area contributed by atoms with Crippen LogP contribution in [0.1, 0.15) is 96.3 Å². The third kappa shape index (κ3) is 5.79. The predicted octanol–water partition coefficient (Wildman–Crippen LogP) is 5.09. The van der Waals surface area contributed by atoms with E-state index in [-0.39, 0.29) is 0 Å². The van der Waals surface area contributed by atoms with E-state index in [4.69, 9.17) is 0 Å². The highest BCUT2D eigenvalue weighted by molar-refractivity contribution is 6.24. The van der Waals surface area contributed by atoms with Crippen LogP contribution in [0.15, 0.2) is 0 Å². The molecule has 1 nitrogen and oxygen atoms in total. The lowest BCUT2D eigenvalue weighted by atomic mass is 9.66. The molecule has 0 radical (unpaired) electrons. The van der Waals surface area contributed by atoms with Gasteiger partial charge in [0.05, 0.1) is 0 Å². The van der Waals surface area contributed by atoms with Gasteiger partial charge in [-0.25, -0.2) is 0 Å². The fourth-order valence-corrected chi connectivity index (χ4v) is 4.51. The van der Waals surface area contributed by atoms with Crippen LogP contribution in [0.4, 0.5) is 0 Å². The number of Topliss-reactive ketones (excluding diaryl/α,β-unsaturated/α-hetero) is 1. The third-order valence-electron chi connectivity index (χ3n) is 6.06. The highest BCUT2D eigenvalue weighted by Gasteiger charge is 2.29. The zero-order valence-electron chi connectivity index (χ0n) is 14.2. The number of rotatable bonds is 3. The summed E-state index contributed by atoms with van der Waals surface area (Å²) in [6.07, 6.45) is 19.9. The van der Waals surface area contributed by atoms with Gasteiger partial charge in [0.2, 0.25) is 0 Å². The molecular weight excluding hydrogens is 255 g/mol. The largest absolute Gasteiger partial charge is 0.300 e.